The molecule has 1 unspecified atom stereocenters. The largest absolute Gasteiger partial charge is 0.463 e. The van der Waals surface area contributed by atoms with E-state index in [1.807, 2.05) is 54.6 Å². The Hall–Kier alpha value is -3.08. The van der Waals surface area contributed by atoms with Crippen LogP contribution in [0.25, 0.3) is 5.57 Å². The molecule has 140 valence electrons. The van der Waals surface area contributed by atoms with Crippen LogP contribution in [0.5, 0.6) is 0 Å². The highest BCUT2D eigenvalue weighted by Gasteiger charge is 2.24. The van der Waals surface area contributed by atoms with Gasteiger partial charge in [0.25, 0.3) is 0 Å². The van der Waals surface area contributed by atoms with Crippen molar-refractivity contribution >= 4 is 17.6 Å². The second-order valence-corrected chi connectivity index (χ2v) is 6.39. The molecule has 3 rings (SSSR count). The first-order valence-electron chi connectivity index (χ1n) is 9.08. The topological polar surface area (TPSA) is 64.6 Å². The summed E-state index contributed by atoms with van der Waals surface area (Å²) in [5.41, 5.74) is 3.92. The average molecular weight is 365 g/mol. The van der Waals surface area contributed by atoms with E-state index in [4.69, 9.17) is 9.47 Å². The zero-order valence-corrected chi connectivity index (χ0v) is 15.3. The Bertz CT molecular complexity index is 829. The standard InChI is InChI=1S/C22H23NO4/c1-2-26-21(24)14-18-13-19(12-17-10-6-7-11-20(17)18)23-22(25)27-15-16-8-4-3-5-9-16/h3-11,14,19H,2,12-13,15H2,1H3,(H,23,25)/b18-14-. The van der Waals surface area contributed by atoms with Gasteiger partial charge in [-0.3, -0.25) is 0 Å². The molecule has 0 saturated heterocycles. The molecule has 2 aromatic rings. The Kier molecular flexibility index (Phi) is 6.26. The molecule has 0 aromatic heterocycles. The first-order valence-corrected chi connectivity index (χ1v) is 9.08. The van der Waals surface area contributed by atoms with Crippen LogP contribution in [0, 0.1) is 0 Å². The highest BCUT2D eigenvalue weighted by atomic mass is 16.5. The summed E-state index contributed by atoms with van der Waals surface area (Å²) in [6.07, 6.45) is 2.30. The predicted octanol–water partition coefficient (Wildman–Crippen LogP) is 3.87. The molecule has 0 bridgehead atoms. The van der Waals surface area contributed by atoms with Crippen molar-refractivity contribution in [1.82, 2.24) is 5.32 Å². The molecular weight excluding hydrogens is 342 g/mol. The Balaban J connectivity index is 1.66. The fourth-order valence-corrected chi connectivity index (χ4v) is 3.22. The van der Waals surface area contributed by atoms with E-state index in [1.54, 1.807) is 6.92 Å². The van der Waals surface area contributed by atoms with Gasteiger partial charge in [-0.25, -0.2) is 9.59 Å². The van der Waals surface area contributed by atoms with Crippen molar-refractivity contribution in [2.75, 3.05) is 6.61 Å². The van der Waals surface area contributed by atoms with Gasteiger partial charge in [-0.05, 0) is 42.0 Å². The molecule has 1 amide bonds. The number of rotatable bonds is 5. The van der Waals surface area contributed by atoms with Gasteiger partial charge in [0.1, 0.15) is 6.61 Å². The molecule has 0 fully saturated rings. The number of ether oxygens (including phenoxy) is 2. The van der Waals surface area contributed by atoms with Crippen molar-refractivity contribution in [3.63, 3.8) is 0 Å². The van der Waals surface area contributed by atoms with Gasteiger partial charge in [0, 0.05) is 12.1 Å². The molecule has 1 aliphatic carbocycles. The minimum absolute atomic E-state index is 0.135. The van der Waals surface area contributed by atoms with Gasteiger partial charge in [-0.2, -0.15) is 0 Å². The lowest BCUT2D eigenvalue weighted by molar-refractivity contribution is -0.137. The third kappa shape index (κ3) is 5.20. The van der Waals surface area contributed by atoms with Crippen molar-refractivity contribution < 1.29 is 19.1 Å². The summed E-state index contributed by atoms with van der Waals surface area (Å²) in [6, 6.07) is 17.3. The summed E-state index contributed by atoms with van der Waals surface area (Å²) in [4.78, 5) is 24.1. The minimum atomic E-state index is -0.460. The van der Waals surface area contributed by atoms with E-state index < -0.39 is 6.09 Å². The monoisotopic (exact) mass is 365 g/mol. The highest BCUT2D eigenvalue weighted by molar-refractivity contribution is 5.92. The zero-order chi connectivity index (χ0) is 19.1. The number of hydrogen-bond donors (Lipinski definition) is 1. The second kappa shape index (κ2) is 9.03. The Labute approximate surface area is 159 Å². The maximum Gasteiger partial charge on any atom is 0.407 e. The number of fused-ring (bicyclic) bond motifs is 1. The number of alkyl carbamates (subject to hydrolysis) is 1. The molecule has 0 aliphatic heterocycles. The fraction of sp³-hybridized carbons (Fsp3) is 0.273. The van der Waals surface area contributed by atoms with Crippen LogP contribution in [0.15, 0.2) is 60.7 Å². The first-order chi connectivity index (χ1) is 13.2. The van der Waals surface area contributed by atoms with Gasteiger partial charge in [-0.1, -0.05) is 54.6 Å². The van der Waals surface area contributed by atoms with Crippen LogP contribution in [-0.4, -0.2) is 24.7 Å². The molecule has 0 heterocycles. The van der Waals surface area contributed by atoms with Crippen LogP contribution in [0.3, 0.4) is 0 Å². The van der Waals surface area contributed by atoms with Crippen LogP contribution < -0.4 is 5.32 Å². The molecule has 2 aromatic carbocycles. The van der Waals surface area contributed by atoms with Crippen LogP contribution in [0.4, 0.5) is 4.79 Å². The molecule has 1 N–H and O–H groups in total. The SMILES string of the molecule is CCOC(=O)/C=C1/CC(NC(=O)OCc2ccccc2)Cc2ccccc21. The van der Waals surface area contributed by atoms with Crippen molar-refractivity contribution in [3.8, 4) is 0 Å². The summed E-state index contributed by atoms with van der Waals surface area (Å²) in [5, 5.41) is 2.91. The third-order valence-electron chi connectivity index (χ3n) is 4.41. The van der Waals surface area contributed by atoms with Crippen molar-refractivity contribution in [2.24, 2.45) is 0 Å². The number of carbonyl (C=O) groups is 2. The van der Waals surface area contributed by atoms with E-state index in [0.717, 1.165) is 22.3 Å². The number of carbonyl (C=O) groups excluding carboxylic acids is 2. The van der Waals surface area contributed by atoms with E-state index in [2.05, 4.69) is 5.32 Å². The molecule has 0 spiro atoms. The maximum atomic E-state index is 12.2. The van der Waals surface area contributed by atoms with Gasteiger partial charge < -0.3 is 14.8 Å². The number of hydrogen-bond acceptors (Lipinski definition) is 4. The van der Waals surface area contributed by atoms with Crippen molar-refractivity contribution in [2.45, 2.75) is 32.4 Å². The lowest BCUT2D eigenvalue weighted by atomic mass is 9.84. The molecule has 5 heteroatoms. The quantitative estimate of drug-likeness (QED) is 0.645. The van der Waals surface area contributed by atoms with Crippen molar-refractivity contribution in [1.29, 1.82) is 0 Å². The summed E-state index contributed by atoms with van der Waals surface area (Å²) < 4.78 is 10.3. The summed E-state index contributed by atoms with van der Waals surface area (Å²) >= 11 is 0. The lowest BCUT2D eigenvalue weighted by Crippen LogP contribution is -2.38. The third-order valence-corrected chi connectivity index (χ3v) is 4.41. The Morgan fingerprint density at radius 3 is 2.56 bits per heavy atom. The number of benzene rings is 2. The Morgan fingerprint density at radius 1 is 1.04 bits per heavy atom. The molecule has 0 radical (unpaired) electrons. The molecular formula is C22H23NO4. The highest BCUT2D eigenvalue weighted by Crippen LogP contribution is 2.31. The normalized spacial score (nSPS) is 17.1. The smallest absolute Gasteiger partial charge is 0.407 e. The maximum absolute atomic E-state index is 12.2. The summed E-state index contributed by atoms with van der Waals surface area (Å²) in [5.74, 6) is -0.366. The van der Waals surface area contributed by atoms with Crippen LogP contribution in [0.2, 0.25) is 0 Å². The van der Waals surface area contributed by atoms with Crippen LogP contribution in [0.1, 0.15) is 30.0 Å². The molecule has 5 nitrogen and oxygen atoms in total. The zero-order valence-electron chi connectivity index (χ0n) is 15.3. The number of esters is 1. The first kappa shape index (κ1) is 18.7. The Morgan fingerprint density at radius 2 is 1.78 bits per heavy atom. The van der Waals surface area contributed by atoms with Gasteiger partial charge in [-0.15, -0.1) is 0 Å². The minimum Gasteiger partial charge on any atom is -0.463 e. The fourth-order valence-electron chi connectivity index (χ4n) is 3.22. The van der Waals surface area contributed by atoms with Gasteiger partial charge >= 0.3 is 12.1 Å². The molecule has 1 atom stereocenters. The predicted molar refractivity (Wildman–Crippen MR) is 103 cm³/mol. The molecule has 1 aliphatic rings. The molecule has 27 heavy (non-hydrogen) atoms. The van der Waals surface area contributed by atoms with Crippen LogP contribution >= 0.6 is 0 Å². The van der Waals surface area contributed by atoms with Gasteiger partial charge in [0.05, 0.1) is 6.61 Å². The van der Waals surface area contributed by atoms with E-state index >= 15 is 0 Å². The summed E-state index contributed by atoms with van der Waals surface area (Å²) in [7, 11) is 0. The van der Waals surface area contributed by atoms with Gasteiger partial charge in [0.15, 0.2) is 0 Å². The summed E-state index contributed by atoms with van der Waals surface area (Å²) in [6.45, 7) is 2.33. The lowest BCUT2D eigenvalue weighted by Gasteiger charge is -2.27. The van der Waals surface area contributed by atoms with Crippen molar-refractivity contribution in [3.05, 3.63) is 77.4 Å². The van der Waals surface area contributed by atoms with E-state index in [0.29, 0.717) is 19.4 Å². The molecule has 0 saturated carbocycles. The number of amides is 1. The van der Waals surface area contributed by atoms with Crippen LogP contribution in [-0.2, 0) is 27.3 Å². The number of nitrogens with one attached hydrogen (secondary N) is 1. The van der Waals surface area contributed by atoms with Gasteiger partial charge in [0.2, 0.25) is 0 Å². The average Bonchev–Trinajstić information content (AvgIpc) is 2.67. The van der Waals surface area contributed by atoms with E-state index in [9.17, 15) is 9.59 Å². The van der Waals surface area contributed by atoms with E-state index in [1.165, 1.54) is 6.08 Å². The second-order valence-electron chi connectivity index (χ2n) is 6.39. The van der Waals surface area contributed by atoms with E-state index in [-0.39, 0.29) is 18.6 Å².